The number of aliphatic hydroxyl groups is 1. The van der Waals surface area contributed by atoms with E-state index in [0.717, 1.165) is 14.6 Å². The maximum absolute atomic E-state index is 13.1. The zero-order valence-electron chi connectivity index (χ0n) is 20.6. The van der Waals surface area contributed by atoms with Crippen LogP contribution in [0, 0.1) is 11.3 Å². The number of esters is 2. The van der Waals surface area contributed by atoms with Crippen molar-refractivity contribution in [2.24, 2.45) is 11.3 Å². The first-order chi connectivity index (χ1) is 16.2. The number of ether oxygens (including phenoxy) is 2. The number of likely N-dealkylation sites (tertiary alicyclic amines) is 1. The highest BCUT2D eigenvalue weighted by Crippen LogP contribution is 2.50. The van der Waals surface area contributed by atoms with Crippen molar-refractivity contribution in [2.75, 3.05) is 6.79 Å². The van der Waals surface area contributed by atoms with Crippen molar-refractivity contribution in [3.05, 3.63) is 36.4 Å². The van der Waals surface area contributed by atoms with E-state index in [0.29, 0.717) is 5.57 Å². The lowest BCUT2D eigenvalue weighted by molar-refractivity contribution is -0.184. The second-order valence-corrected chi connectivity index (χ2v) is 13.5. The molecule has 8 nitrogen and oxygen atoms in total. The molecule has 35 heavy (non-hydrogen) atoms. The number of β-lactam (4-membered cyclic amide) rings is 1. The van der Waals surface area contributed by atoms with Gasteiger partial charge in [0.05, 0.1) is 27.2 Å². The number of benzene rings is 1. The van der Waals surface area contributed by atoms with Crippen molar-refractivity contribution in [2.45, 2.75) is 62.9 Å². The third-order valence-corrected chi connectivity index (χ3v) is 9.33. The minimum absolute atomic E-state index is 0.378. The fourth-order valence-corrected chi connectivity index (χ4v) is 7.70. The van der Waals surface area contributed by atoms with Gasteiger partial charge < -0.3 is 19.5 Å². The van der Waals surface area contributed by atoms with E-state index in [1.54, 1.807) is 41.5 Å². The highest BCUT2D eigenvalue weighted by Gasteiger charge is 2.58. The van der Waals surface area contributed by atoms with Crippen LogP contribution in [0.2, 0.25) is 0 Å². The highest BCUT2D eigenvalue weighted by atomic mass is 33.1. The van der Waals surface area contributed by atoms with Gasteiger partial charge in [0, 0.05) is 0 Å². The van der Waals surface area contributed by atoms with Crippen molar-refractivity contribution >= 4 is 61.0 Å². The molecule has 1 unspecified atom stereocenters. The molecule has 1 aliphatic rings. The monoisotopic (exact) mass is 538 g/mol. The minimum atomic E-state index is -1.30. The lowest BCUT2D eigenvalue weighted by atomic mass is 9.81. The fraction of sp³-hybridized carbons (Fsp3) is 0.500. The molecule has 0 saturated carbocycles. The number of aromatic nitrogens is 1. The van der Waals surface area contributed by atoms with Gasteiger partial charge in [-0.3, -0.25) is 9.59 Å². The molecule has 0 aliphatic carbocycles. The first-order valence-corrected chi connectivity index (χ1v) is 14.0. The number of carbonyl (C=O) groups excluding carboxylic acids is 3. The van der Waals surface area contributed by atoms with Gasteiger partial charge in [-0.05, 0) is 70.0 Å². The number of hydrogen-bond acceptors (Lipinski definition) is 10. The van der Waals surface area contributed by atoms with Crippen LogP contribution in [0.5, 0.6) is 0 Å². The summed E-state index contributed by atoms with van der Waals surface area (Å²) in [6.07, 6.45) is 0. The van der Waals surface area contributed by atoms with Crippen LogP contribution in [0.25, 0.3) is 10.2 Å². The third kappa shape index (κ3) is 6.19. The Labute approximate surface area is 216 Å². The molecule has 0 bridgehead atoms. The molecule has 2 aromatic rings. The van der Waals surface area contributed by atoms with Gasteiger partial charge in [0.15, 0.2) is 10.4 Å². The Bertz CT molecular complexity index is 1100. The molecule has 1 amide bonds. The van der Waals surface area contributed by atoms with Crippen LogP contribution in [0.15, 0.2) is 40.8 Å². The smallest absolute Gasteiger partial charge is 0.336 e. The maximum atomic E-state index is 13.1. The first kappa shape index (κ1) is 27.5. The molecule has 1 aromatic carbocycles. The fourth-order valence-electron chi connectivity index (χ4n) is 3.48. The second-order valence-electron chi connectivity index (χ2n) is 9.91. The largest absolute Gasteiger partial charge is 0.427 e. The van der Waals surface area contributed by atoms with Gasteiger partial charge in [-0.1, -0.05) is 29.5 Å². The molecule has 3 atom stereocenters. The van der Waals surface area contributed by atoms with Crippen molar-refractivity contribution < 1.29 is 29.0 Å². The van der Waals surface area contributed by atoms with E-state index in [9.17, 15) is 19.5 Å². The summed E-state index contributed by atoms with van der Waals surface area (Å²) in [5, 5.41) is 10.1. The van der Waals surface area contributed by atoms with E-state index in [1.807, 2.05) is 24.3 Å². The Morgan fingerprint density at radius 3 is 2.46 bits per heavy atom. The van der Waals surface area contributed by atoms with Gasteiger partial charge in [-0.2, -0.15) is 0 Å². The Balaban J connectivity index is 1.75. The molecular formula is C24H30N2O6S3. The Kier molecular flexibility index (Phi) is 8.25. The molecule has 0 radical (unpaired) electrons. The van der Waals surface area contributed by atoms with Crippen molar-refractivity contribution in [1.82, 2.24) is 9.88 Å². The SMILES string of the molecule is C=C(C)C(C(=O)OCOC(=O)C(C)(C)C)N1C(=O)[C@H](C(C)(C)O)[C@H]1SSc1nc2ccccc2s1. The van der Waals surface area contributed by atoms with E-state index < -0.39 is 47.1 Å². The normalized spacial score (nSPS) is 19.3. The van der Waals surface area contributed by atoms with Gasteiger partial charge in [0.2, 0.25) is 12.7 Å². The molecule has 1 fully saturated rings. The van der Waals surface area contributed by atoms with Crippen LogP contribution in [-0.2, 0) is 23.9 Å². The molecule has 3 rings (SSSR count). The number of thiazole rings is 1. The van der Waals surface area contributed by atoms with E-state index in [-0.39, 0.29) is 5.91 Å². The van der Waals surface area contributed by atoms with Crippen LogP contribution in [0.1, 0.15) is 41.5 Å². The number of amides is 1. The zero-order valence-corrected chi connectivity index (χ0v) is 23.0. The van der Waals surface area contributed by atoms with Gasteiger partial charge in [-0.15, -0.1) is 11.3 Å². The molecule has 0 spiro atoms. The van der Waals surface area contributed by atoms with E-state index in [4.69, 9.17) is 9.47 Å². The quantitative estimate of drug-likeness (QED) is 0.161. The summed E-state index contributed by atoms with van der Waals surface area (Å²) in [6, 6.07) is 6.70. The first-order valence-electron chi connectivity index (χ1n) is 10.9. The summed E-state index contributed by atoms with van der Waals surface area (Å²) in [7, 11) is 2.74. The topological polar surface area (TPSA) is 106 Å². The number of rotatable bonds is 9. The minimum Gasteiger partial charge on any atom is -0.427 e. The van der Waals surface area contributed by atoms with Crippen molar-refractivity contribution in [3.8, 4) is 0 Å². The van der Waals surface area contributed by atoms with E-state index in [1.165, 1.54) is 37.8 Å². The predicted octanol–water partition coefficient (Wildman–Crippen LogP) is 4.63. The van der Waals surface area contributed by atoms with E-state index >= 15 is 0 Å². The molecular weight excluding hydrogens is 508 g/mol. The summed E-state index contributed by atoms with van der Waals surface area (Å²) in [5.41, 5.74) is -0.761. The van der Waals surface area contributed by atoms with Gasteiger partial charge in [0.25, 0.3) is 0 Å². The Morgan fingerprint density at radius 2 is 1.89 bits per heavy atom. The Morgan fingerprint density at radius 1 is 1.23 bits per heavy atom. The molecule has 11 heteroatoms. The lowest BCUT2D eigenvalue weighted by Gasteiger charge is -2.52. The average molecular weight is 539 g/mol. The van der Waals surface area contributed by atoms with Crippen molar-refractivity contribution in [3.63, 3.8) is 0 Å². The molecule has 1 saturated heterocycles. The number of hydrogen-bond donors (Lipinski definition) is 1. The summed E-state index contributed by atoms with van der Waals surface area (Å²) in [4.78, 5) is 44.0. The van der Waals surface area contributed by atoms with Crippen molar-refractivity contribution in [1.29, 1.82) is 0 Å². The third-order valence-electron chi connectivity index (χ3n) is 5.30. The molecule has 1 aromatic heterocycles. The summed E-state index contributed by atoms with van der Waals surface area (Å²) in [6.45, 7) is 13.1. The van der Waals surface area contributed by atoms with Crippen LogP contribution < -0.4 is 0 Å². The number of para-hydroxylation sites is 1. The lowest BCUT2D eigenvalue weighted by Crippen LogP contribution is -2.69. The predicted molar refractivity (Wildman–Crippen MR) is 139 cm³/mol. The molecule has 190 valence electrons. The summed E-state index contributed by atoms with van der Waals surface area (Å²) < 4.78 is 12.1. The van der Waals surface area contributed by atoms with Gasteiger partial charge in [-0.25, -0.2) is 9.78 Å². The van der Waals surface area contributed by atoms with Gasteiger partial charge >= 0.3 is 11.9 Å². The molecule has 1 aliphatic heterocycles. The summed E-state index contributed by atoms with van der Waals surface area (Å²) >= 11 is 1.53. The van der Waals surface area contributed by atoms with Crippen LogP contribution in [0.3, 0.4) is 0 Å². The number of fused-ring (bicyclic) bond motifs is 1. The molecule has 2 heterocycles. The maximum Gasteiger partial charge on any atom is 0.336 e. The number of nitrogens with zero attached hydrogens (tertiary/aromatic N) is 2. The second kappa shape index (κ2) is 10.5. The number of carbonyl (C=O) groups is 3. The summed E-state index contributed by atoms with van der Waals surface area (Å²) in [5.74, 6) is -2.38. The van der Waals surface area contributed by atoms with Crippen LogP contribution >= 0.6 is 32.9 Å². The zero-order chi connectivity index (χ0) is 26.1. The average Bonchev–Trinajstić information content (AvgIpc) is 3.15. The van der Waals surface area contributed by atoms with Crippen LogP contribution in [-0.4, -0.2) is 56.6 Å². The molecule has 1 N–H and O–H groups in total. The van der Waals surface area contributed by atoms with Gasteiger partial charge in [0.1, 0.15) is 5.37 Å². The Hall–Kier alpha value is -2.08. The van der Waals surface area contributed by atoms with E-state index in [2.05, 4.69) is 11.6 Å². The standard InChI is InChI=1S/C24H30N2O6S3/c1-13(2)17(20(28)31-12-32-21(29)23(3,4)5)26-18(27)16(24(6,7)30)19(26)34-35-22-25-14-10-8-9-11-15(14)33-22/h8-11,16-17,19,30H,1,12H2,2-7H3/t16-,17?,19+/m0/s1. The highest BCUT2D eigenvalue weighted by molar-refractivity contribution is 8.77. The van der Waals surface area contributed by atoms with Crippen LogP contribution in [0.4, 0.5) is 0 Å².